The fourth-order valence-corrected chi connectivity index (χ4v) is 4.22. The van der Waals surface area contributed by atoms with Gasteiger partial charge in [0.25, 0.3) is 0 Å². The first kappa shape index (κ1) is 26.3. The first-order valence-electron chi connectivity index (χ1n) is 11.8. The molecule has 0 radical (unpaired) electrons. The lowest BCUT2D eigenvalue weighted by molar-refractivity contribution is -0.137. The van der Waals surface area contributed by atoms with Gasteiger partial charge in [0.1, 0.15) is 23.7 Å². The number of hydrogen-bond acceptors (Lipinski definition) is 5. The Balaban J connectivity index is 1.53. The number of aryl methyl sites for hydroxylation is 1. The Bertz CT molecular complexity index is 1420. The van der Waals surface area contributed by atoms with E-state index in [1.807, 2.05) is 31.2 Å². The number of fused-ring (bicyclic) bond motifs is 1. The SMILES string of the molecule is COc1cccc([C@@H](C)NCCOc2cc(-c3ccc4oc(C(C)=O)c(C)c4c3)cc(C(F)(F)F)c2)c1. The number of nitrogens with one attached hydrogen (secondary N) is 1. The quantitative estimate of drug-likeness (QED) is 0.188. The Kier molecular flexibility index (Phi) is 7.59. The Morgan fingerprint density at radius 3 is 2.51 bits per heavy atom. The minimum atomic E-state index is -4.54. The van der Waals surface area contributed by atoms with Gasteiger partial charge in [-0.25, -0.2) is 0 Å². The molecule has 1 atom stereocenters. The lowest BCUT2D eigenvalue weighted by Gasteiger charge is -2.17. The van der Waals surface area contributed by atoms with E-state index in [0.717, 1.165) is 23.4 Å². The summed E-state index contributed by atoms with van der Waals surface area (Å²) in [5.74, 6) is 0.907. The van der Waals surface area contributed by atoms with Crippen molar-refractivity contribution in [2.24, 2.45) is 0 Å². The number of halogens is 3. The number of rotatable bonds is 9. The Hall–Kier alpha value is -3.78. The van der Waals surface area contributed by atoms with Crippen LogP contribution < -0.4 is 14.8 Å². The van der Waals surface area contributed by atoms with Crippen molar-refractivity contribution in [3.05, 3.63) is 83.1 Å². The van der Waals surface area contributed by atoms with Gasteiger partial charge in [-0.15, -0.1) is 0 Å². The molecule has 0 spiro atoms. The van der Waals surface area contributed by atoms with Crippen molar-refractivity contribution in [2.45, 2.75) is 33.0 Å². The average Bonchev–Trinajstić information content (AvgIpc) is 3.22. The Labute approximate surface area is 213 Å². The molecule has 0 aliphatic rings. The number of alkyl halides is 3. The summed E-state index contributed by atoms with van der Waals surface area (Å²) in [7, 11) is 1.60. The first-order chi connectivity index (χ1) is 17.6. The van der Waals surface area contributed by atoms with Crippen LogP contribution in [0.25, 0.3) is 22.1 Å². The summed E-state index contributed by atoms with van der Waals surface area (Å²) in [6.07, 6.45) is -4.54. The van der Waals surface area contributed by atoms with Crippen LogP contribution in [0.1, 0.15) is 47.1 Å². The van der Waals surface area contributed by atoms with Crippen molar-refractivity contribution in [2.75, 3.05) is 20.3 Å². The highest BCUT2D eigenvalue weighted by molar-refractivity contribution is 5.99. The molecule has 0 amide bonds. The van der Waals surface area contributed by atoms with Crippen LogP contribution >= 0.6 is 0 Å². The minimum absolute atomic E-state index is 0.000547. The van der Waals surface area contributed by atoms with E-state index >= 15 is 0 Å². The molecule has 0 saturated carbocycles. The van der Waals surface area contributed by atoms with Crippen LogP contribution in [0.2, 0.25) is 0 Å². The van der Waals surface area contributed by atoms with E-state index in [9.17, 15) is 18.0 Å². The van der Waals surface area contributed by atoms with Gasteiger partial charge in [0.15, 0.2) is 11.5 Å². The average molecular weight is 512 g/mol. The molecule has 37 heavy (non-hydrogen) atoms. The van der Waals surface area contributed by atoms with Crippen LogP contribution in [-0.4, -0.2) is 26.0 Å². The second kappa shape index (κ2) is 10.7. The lowest BCUT2D eigenvalue weighted by Crippen LogP contribution is -2.24. The van der Waals surface area contributed by atoms with E-state index in [0.29, 0.717) is 34.2 Å². The molecule has 5 nitrogen and oxygen atoms in total. The summed E-state index contributed by atoms with van der Waals surface area (Å²) in [6, 6.07) is 16.4. The van der Waals surface area contributed by atoms with E-state index in [2.05, 4.69) is 5.32 Å². The highest BCUT2D eigenvalue weighted by Crippen LogP contribution is 2.37. The summed E-state index contributed by atoms with van der Waals surface area (Å²) in [4.78, 5) is 11.8. The van der Waals surface area contributed by atoms with Crippen LogP contribution in [0.3, 0.4) is 0 Å². The van der Waals surface area contributed by atoms with Gasteiger partial charge < -0.3 is 19.2 Å². The van der Waals surface area contributed by atoms with Crippen molar-refractivity contribution in [3.63, 3.8) is 0 Å². The van der Waals surface area contributed by atoms with E-state index in [1.54, 1.807) is 38.3 Å². The van der Waals surface area contributed by atoms with Crippen molar-refractivity contribution in [1.29, 1.82) is 0 Å². The molecule has 0 unspecified atom stereocenters. The summed E-state index contributed by atoms with van der Waals surface area (Å²) in [5.41, 5.74) is 2.31. The normalized spacial score (nSPS) is 12.5. The highest BCUT2D eigenvalue weighted by Gasteiger charge is 2.31. The molecule has 0 aliphatic heterocycles. The second-order valence-corrected chi connectivity index (χ2v) is 8.87. The number of carbonyl (C=O) groups excluding carboxylic acids is 1. The smallest absolute Gasteiger partial charge is 0.416 e. The molecular weight excluding hydrogens is 483 g/mol. The summed E-state index contributed by atoms with van der Waals surface area (Å²) >= 11 is 0. The third-order valence-electron chi connectivity index (χ3n) is 6.24. The zero-order chi connectivity index (χ0) is 26.7. The van der Waals surface area contributed by atoms with Gasteiger partial charge >= 0.3 is 6.18 Å². The molecule has 1 heterocycles. The van der Waals surface area contributed by atoms with Crippen LogP contribution in [0.15, 0.2) is 65.1 Å². The summed E-state index contributed by atoms with van der Waals surface area (Å²) < 4.78 is 57.7. The second-order valence-electron chi connectivity index (χ2n) is 8.87. The third kappa shape index (κ3) is 5.97. The molecule has 1 aromatic heterocycles. The van der Waals surface area contributed by atoms with Crippen molar-refractivity contribution < 1.29 is 31.9 Å². The van der Waals surface area contributed by atoms with Crippen LogP contribution in [0.4, 0.5) is 13.2 Å². The van der Waals surface area contributed by atoms with Crippen LogP contribution in [0.5, 0.6) is 11.5 Å². The largest absolute Gasteiger partial charge is 0.497 e. The summed E-state index contributed by atoms with van der Waals surface area (Å²) in [6.45, 7) is 5.76. The maximum atomic E-state index is 13.7. The van der Waals surface area contributed by atoms with Gasteiger partial charge in [0.2, 0.25) is 0 Å². The van der Waals surface area contributed by atoms with Gasteiger partial charge in [0.05, 0.1) is 12.7 Å². The number of furan rings is 1. The van der Waals surface area contributed by atoms with Crippen LogP contribution in [0, 0.1) is 6.92 Å². The highest BCUT2D eigenvalue weighted by atomic mass is 19.4. The standard InChI is InChI=1S/C29H28F3NO4/c1-17-26-15-21(8-9-27(26)37-28(17)19(3)34)22-12-23(29(30,31)32)16-25(14-22)36-11-10-33-18(2)20-6-5-7-24(13-20)35-4/h5-9,12-16,18,33H,10-11H2,1-4H3/t18-/m1/s1. The number of methoxy groups -OCH3 is 1. The number of Topliss-reactive ketones (excluding diaryl/α,β-unsaturated/α-hetero) is 1. The number of ketones is 1. The molecule has 1 N–H and O–H groups in total. The molecule has 4 aromatic rings. The molecule has 0 aliphatic carbocycles. The van der Waals surface area contributed by atoms with Crippen molar-refractivity contribution >= 4 is 16.8 Å². The van der Waals surface area contributed by atoms with Gasteiger partial charge in [0, 0.05) is 30.5 Å². The maximum absolute atomic E-state index is 13.7. The van der Waals surface area contributed by atoms with Gasteiger partial charge in [-0.05, 0) is 73.0 Å². The minimum Gasteiger partial charge on any atom is -0.497 e. The van der Waals surface area contributed by atoms with E-state index < -0.39 is 11.7 Å². The van der Waals surface area contributed by atoms with E-state index in [-0.39, 0.29) is 29.9 Å². The first-order valence-corrected chi connectivity index (χ1v) is 11.8. The number of benzene rings is 3. The number of hydrogen-bond donors (Lipinski definition) is 1. The molecule has 8 heteroatoms. The van der Waals surface area contributed by atoms with Crippen LogP contribution in [-0.2, 0) is 6.18 Å². The van der Waals surface area contributed by atoms with Gasteiger partial charge in [-0.3, -0.25) is 4.79 Å². The molecule has 0 saturated heterocycles. The van der Waals surface area contributed by atoms with Crippen molar-refractivity contribution in [1.82, 2.24) is 5.32 Å². The van der Waals surface area contributed by atoms with Gasteiger partial charge in [-0.2, -0.15) is 13.2 Å². The molecule has 0 bridgehead atoms. The monoisotopic (exact) mass is 511 g/mol. The molecule has 3 aromatic carbocycles. The molecular formula is C29H28F3NO4. The molecule has 0 fully saturated rings. The zero-order valence-electron chi connectivity index (χ0n) is 21.0. The topological polar surface area (TPSA) is 60.7 Å². The lowest BCUT2D eigenvalue weighted by atomic mass is 9.99. The van der Waals surface area contributed by atoms with E-state index in [1.165, 1.54) is 6.92 Å². The zero-order valence-corrected chi connectivity index (χ0v) is 21.0. The maximum Gasteiger partial charge on any atom is 0.416 e. The fourth-order valence-electron chi connectivity index (χ4n) is 4.22. The predicted octanol–water partition coefficient (Wildman–Crippen LogP) is 7.37. The molecule has 194 valence electrons. The Morgan fingerprint density at radius 2 is 1.81 bits per heavy atom. The van der Waals surface area contributed by atoms with E-state index in [4.69, 9.17) is 13.9 Å². The van der Waals surface area contributed by atoms with Gasteiger partial charge in [-0.1, -0.05) is 18.2 Å². The number of ether oxygens (including phenoxy) is 2. The summed E-state index contributed by atoms with van der Waals surface area (Å²) in [5, 5.41) is 3.99. The van der Waals surface area contributed by atoms with Crippen molar-refractivity contribution in [3.8, 4) is 22.6 Å². The predicted molar refractivity (Wildman–Crippen MR) is 136 cm³/mol. The fraction of sp³-hybridized carbons (Fsp3) is 0.276. The Morgan fingerprint density at radius 1 is 1.03 bits per heavy atom. The third-order valence-corrected chi connectivity index (χ3v) is 6.24. The number of carbonyl (C=O) groups is 1. The molecule has 4 rings (SSSR count).